The van der Waals surface area contributed by atoms with Crippen LogP contribution >= 0.6 is 11.6 Å². The minimum absolute atomic E-state index is 0.0577. The summed E-state index contributed by atoms with van der Waals surface area (Å²) < 4.78 is 27.6. The van der Waals surface area contributed by atoms with Crippen LogP contribution in [0.15, 0.2) is 69.3 Å². The summed E-state index contributed by atoms with van der Waals surface area (Å²) in [4.78, 5) is 12.6. The summed E-state index contributed by atoms with van der Waals surface area (Å²) in [7, 11) is -3.91. The quantitative estimate of drug-likeness (QED) is 0.708. The molecule has 0 spiro atoms. The summed E-state index contributed by atoms with van der Waals surface area (Å²) in [5.74, 6) is 0. The zero-order valence-corrected chi connectivity index (χ0v) is 14.6. The Hall–Kier alpha value is -2.11. The van der Waals surface area contributed by atoms with Crippen molar-refractivity contribution in [2.24, 2.45) is 0 Å². The molecule has 24 heavy (non-hydrogen) atoms. The first-order chi connectivity index (χ1) is 11.4. The average molecular weight is 362 g/mol. The minimum Gasteiger partial charge on any atom is -0.346 e. The number of pyridine rings is 1. The van der Waals surface area contributed by atoms with E-state index in [0.717, 1.165) is 11.9 Å². The molecule has 0 saturated heterocycles. The molecule has 6 heteroatoms. The minimum atomic E-state index is -3.91. The van der Waals surface area contributed by atoms with E-state index < -0.39 is 15.3 Å². The van der Waals surface area contributed by atoms with Gasteiger partial charge in [0.25, 0.3) is 0 Å². The van der Waals surface area contributed by atoms with Gasteiger partial charge in [-0.05, 0) is 42.8 Å². The predicted molar refractivity (Wildman–Crippen MR) is 95.4 cm³/mol. The predicted octanol–water partition coefficient (Wildman–Crippen LogP) is 3.90. The third-order valence-electron chi connectivity index (χ3n) is 3.83. The van der Waals surface area contributed by atoms with Gasteiger partial charge >= 0.3 is 0 Å². The Bertz CT molecular complexity index is 1050. The maximum atomic E-state index is 12.9. The van der Waals surface area contributed by atoms with Gasteiger partial charge in [-0.25, -0.2) is 8.42 Å². The third kappa shape index (κ3) is 2.85. The van der Waals surface area contributed by atoms with Gasteiger partial charge < -0.3 is 4.57 Å². The second kappa shape index (κ2) is 6.42. The van der Waals surface area contributed by atoms with Crippen molar-refractivity contribution in [1.29, 1.82) is 0 Å². The van der Waals surface area contributed by atoms with Gasteiger partial charge in [0.2, 0.25) is 15.3 Å². The molecule has 0 atom stereocenters. The Morgan fingerprint density at radius 2 is 1.71 bits per heavy atom. The van der Waals surface area contributed by atoms with Crippen LogP contribution in [0, 0.1) is 0 Å². The smallest absolute Gasteiger partial charge is 0.211 e. The number of aromatic nitrogens is 1. The number of halogens is 1. The van der Waals surface area contributed by atoms with Crippen LogP contribution in [0.25, 0.3) is 10.9 Å². The molecule has 124 valence electrons. The molecule has 0 aliphatic heterocycles. The Morgan fingerprint density at radius 1 is 1.04 bits per heavy atom. The number of para-hydroxylation sites is 1. The van der Waals surface area contributed by atoms with Crippen molar-refractivity contribution >= 4 is 32.3 Å². The SMILES string of the molecule is CCCn1cc(S(=O)(=O)c2ccc(Cl)cc2)c(=O)c2ccccc21. The number of nitrogens with zero attached hydrogens (tertiary/aromatic N) is 1. The van der Waals surface area contributed by atoms with E-state index in [4.69, 9.17) is 11.6 Å². The van der Waals surface area contributed by atoms with Crippen LogP contribution in [-0.4, -0.2) is 13.0 Å². The lowest BCUT2D eigenvalue weighted by Gasteiger charge is -2.13. The Kier molecular flexibility index (Phi) is 4.47. The van der Waals surface area contributed by atoms with Crippen molar-refractivity contribution in [1.82, 2.24) is 4.57 Å². The van der Waals surface area contributed by atoms with E-state index in [9.17, 15) is 13.2 Å². The zero-order chi connectivity index (χ0) is 17.3. The fraction of sp³-hybridized carbons (Fsp3) is 0.167. The largest absolute Gasteiger partial charge is 0.346 e. The van der Waals surface area contributed by atoms with Crippen LogP contribution in [0.2, 0.25) is 5.02 Å². The molecule has 3 aromatic rings. The van der Waals surface area contributed by atoms with E-state index in [0.29, 0.717) is 17.0 Å². The molecule has 1 heterocycles. The highest BCUT2D eigenvalue weighted by Crippen LogP contribution is 2.22. The van der Waals surface area contributed by atoms with Crippen molar-refractivity contribution in [3.63, 3.8) is 0 Å². The maximum absolute atomic E-state index is 12.9. The standard InChI is InChI=1S/C18H16ClNO3S/c1-2-11-20-12-17(18(21)15-5-3-4-6-16(15)20)24(22,23)14-9-7-13(19)8-10-14/h3-10,12H,2,11H2,1H3. The molecule has 0 fully saturated rings. The second-order valence-electron chi connectivity index (χ2n) is 5.49. The number of benzene rings is 2. The molecule has 0 unspecified atom stereocenters. The number of fused-ring (bicyclic) bond motifs is 1. The van der Waals surface area contributed by atoms with Crippen molar-refractivity contribution in [3.8, 4) is 0 Å². The third-order valence-corrected chi connectivity index (χ3v) is 5.85. The zero-order valence-electron chi connectivity index (χ0n) is 13.1. The number of rotatable bonds is 4. The van der Waals surface area contributed by atoms with Gasteiger partial charge in [0.1, 0.15) is 4.90 Å². The monoisotopic (exact) mass is 361 g/mol. The van der Waals surface area contributed by atoms with Crippen LogP contribution in [0.1, 0.15) is 13.3 Å². The summed E-state index contributed by atoms with van der Waals surface area (Å²) in [6, 6.07) is 12.9. The van der Waals surface area contributed by atoms with Gasteiger partial charge in [-0.1, -0.05) is 30.7 Å². The first-order valence-electron chi connectivity index (χ1n) is 7.58. The molecule has 4 nitrogen and oxygen atoms in total. The molecule has 3 rings (SSSR count). The molecule has 0 aliphatic carbocycles. The van der Waals surface area contributed by atoms with Gasteiger partial charge in [-0.15, -0.1) is 0 Å². The maximum Gasteiger partial charge on any atom is 0.211 e. The van der Waals surface area contributed by atoms with Crippen LogP contribution in [0.5, 0.6) is 0 Å². The van der Waals surface area contributed by atoms with Gasteiger partial charge in [0.05, 0.1) is 10.4 Å². The Labute approximate surface area is 145 Å². The summed E-state index contributed by atoms with van der Waals surface area (Å²) in [5.41, 5.74) is 0.257. The average Bonchev–Trinajstić information content (AvgIpc) is 2.58. The van der Waals surface area contributed by atoms with Crippen LogP contribution in [0.4, 0.5) is 0 Å². The molecule has 0 bridgehead atoms. The molecule has 0 N–H and O–H groups in total. The molecular weight excluding hydrogens is 346 g/mol. The highest BCUT2D eigenvalue weighted by Gasteiger charge is 2.23. The van der Waals surface area contributed by atoms with Gasteiger partial charge in [-0.3, -0.25) is 4.79 Å². The lowest BCUT2D eigenvalue weighted by Crippen LogP contribution is -2.19. The van der Waals surface area contributed by atoms with Gasteiger partial charge in [0, 0.05) is 23.2 Å². The van der Waals surface area contributed by atoms with Crippen LogP contribution in [0.3, 0.4) is 0 Å². The van der Waals surface area contributed by atoms with E-state index >= 15 is 0 Å². The summed E-state index contributed by atoms with van der Waals surface area (Å²) in [6.07, 6.45) is 2.27. The van der Waals surface area contributed by atoms with Crippen LogP contribution < -0.4 is 5.43 Å². The summed E-state index contributed by atoms with van der Waals surface area (Å²) >= 11 is 5.82. The van der Waals surface area contributed by atoms with Gasteiger partial charge in [-0.2, -0.15) is 0 Å². The fourth-order valence-corrected chi connectivity index (χ4v) is 4.17. The van der Waals surface area contributed by atoms with E-state index in [2.05, 4.69) is 0 Å². The van der Waals surface area contributed by atoms with Crippen molar-refractivity contribution in [2.45, 2.75) is 29.7 Å². The summed E-state index contributed by atoms with van der Waals surface area (Å²) in [5, 5.41) is 0.844. The molecule has 1 aromatic heterocycles. The Morgan fingerprint density at radius 3 is 2.38 bits per heavy atom. The summed E-state index contributed by atoms with van der Waals surface area (Å²) in [6.45, 7) is 2.63. The first-order valence-corrected chi connectivity index (χ1v) is 9.44. The number of hydrogen-bond donors (Lipinski definition) is 0. The second-order valence-corrected chi connectivity index (χ2v) is 7.84. The molecule has 0 radical (unpaired) electrons. The highest BCUT2D eigenvalue weighted by atomic mass is 35.5. The fourth-order valence-electron chi connectivity index (χ4n) is 2.68. The van der Waals surface area contributed by atoms with Crippen molar-refractivity contribution < 1.29 is 8.42 Å². The van der Waals surface area contributed by atoms with Crippen molar-refractivity contribution in [3.05, 3.63) is 70.0 Å². The normalized spacial score (nSPS) is 11.8. The lowest BCUT2D eigenvalue weighted by molar-refractivity contribution is 0.592. The molecule has 0 amide bonds. The number of hydrogen-bond acceptors (Lipinski definition) is 3. The molecule has 2 aromatic carbocycles. The molecule has 0 saturated carbocycles. The number of aryl methyl sites for hydroxylation is 1. The topological polar surface area (TPSA) is 56.1 Å². The van der Waals surface area contributed by atoms with E-state index in [1.807, 2.05) is 23.6 Å². The van der Waals surface area contributed by atoms with E-state index in [1.54, 1.807) is 12.1 Å². The van der Waals surface area contributed by atoms with Gasteiger partial charge in [0.15, 0.2) is 0 Å². The van der Waals surface area contributed by atoms with E-state index in [-0.39, 0.29) is 9.79 Å². The van der Waals surface area contributed by atoms with Crippen molar-refractivity contribution in [2.75, 3.05) is 0 Å². The Balaban J connectivity index is 2.31. The highest BCUT2D eigenvalue weighted by molar-refractivity contribution is 7.91. The molecule has 0 aliphatic rings. The van der Waals surface area contributed by atoms with Crippen LogP contribution in [-0.2, 0) is 16.4 Å². The number of sulfone groups is 1. The molecular formula is C18H16ClNO3S. The lowest BCUT2D eigenvalue weighted by atomic mass is 10.2. The van der Waals surface area contributed by atoms with E-state index in [1.165, 1.54) is 30.5 Å². The first kappa shape index (κ1) is 16.7.